The van der Waals surface area contributed by atoms with Gasteiger partial charge in [-0.15, -0.1) is 11.6 Å². The second kappa shape index (κ2) is 4.40. The zero-order valence-electron chi connectivity index (χ0n) is 9.10. The quantitative estimate of drug-likeness (QED) is 0.641. The van der Waals surface area contributed by atoms with Gasteiger partial charge in [0.1, 0.15) is 0 Å². The number of halogens is 1. The lowest BCUT2D eigenvalue weighted by Crippen LogP contribution is -2.23. The topological polar surface area (TPSA) is 9.23 Å². The van der Waals surface area contributed by atoms with Gasteiger partial charge >= 0.3 is 0 Å². The molecule has 14 heavy (non-hydrogen) atoms. The highest BCUT2D eigenvalue weighted by Gasteiger charge is 2.36. The number of ether oxygens (including phenoxy) is 1. The van der Waals surface area contributed by atoms with Crippen molar-refractivity contribution in [2.75, 3.05) is 13.2 Å². The molecule has 0 aromatic carbocycles. The lowest BCUT2D eigenvalue weighted by Gasteiger charge is -2.31. The van der Waals surface area contributed by atoms with E-state index in [1.807, 2.05) is 0 Å². The van der Waals surface area contributed by atoms with Crippen molar-refractivity contribution in [3.63, 3.8) is 0 Å². The van der Waals surface area contributed by atoms with Crippen molar-refractivity contribution in [1.29, 1.82) is 0 Å². The van der Waals surface area contributed by atoms with E-state index in [4.69, 9.17) is 16.3 Å². The Balaban J connectivity index is 1.83. The molecule has 0 bridgehead atoms. The number of rotatable bonds is 2. The first kappa shape index (κ1) is 10.8. The van der Waals surface area contributed by atoms with Gasteiger partial charge in [0.05, 0.1) is 0 Å². The number of hydrogen-bond donors (Lipinski definition) is 0. The van der Waals surface area contributed by atoms with Crippen LogP contribution in [0.1, 0.15) is 45.4 Å². The van der Waals surface area contributed by atoms with Crippen LogP contribution in [0.5, 0.6) is 0 Å². The van der Waals surface area contributed by atoms with Crippen molar-refractivity contribution < 1.29 is 4.74 Å². The van der Waals surface area contributed by atoms with Crippen LogP contribution >= 0.6 is 11.6 Å². The first-order valence-electron chi connectivity index (χ1n) is 5.90. The highest BCUT2D eigenvalue weighted by Crippen LogP contribution is 2.46. The maximum atomic E-state index is 6.19. The fraction of sp³-hybridized carbons (Fsp3) is 1.00. The van der Waals surface area contributed by atoms with E-state index in [-0.39, 0.29) is 0 Å². The third-order valence-electron chi connectivity index (χ3n) is 3.90. The normalized spacial score (nSPS) is 40.3. The Morgan fingerprint density at radius 2 is 2.00 bits per heavy atom. The van der Waals surface area contributed by atoms with Gasteiger partial charge in [-0.3, -0.25) is 0 Å². The minimum atomic E-state index is 0.444. The second-order valence-electron chi connectivity index (χ2n) is 5.41. The van der Waals surface area contributed by atoms with Gasteiger partial charge < -0.3 is 4.74 Å². The number of alkyl halides is 1. The van der Waals surface area contributed by atoms with Gasteiger partial charge in [0.15, 0.2) is 0 Å². The third-order valence-corrected chi connectivity index (χ3v) is 4.27. The van der Waals surface area contributed by atoms with E-state index < -0.39 is 0 Å². The Morgan fingerprint density at radius 1 is 1.29 bits per heavy atom. The summed E-state index contributed by atoms with van der Waals surface area (Å²) in [6.07, 6.45) is 7.69. The second-order valence-corrected chi connectivity index (χ2v) is 6.03. The molecule has 1 aliphatic heterocycles. The van der Waals surface area contributed by atoms with Crippen molar-refractivity contribution in [1.82, 2.24) is 0 Å². The maximum Gasteiger partial charge on any atom is 0.0468 e. The molecule has 0 N–H and O–H groups in total. The summed E-state index contributed by atoms with van der Waals surface area (Å²) in [5, 5.41) is 0.444. The van der Waals surface area contributed by atoms with Crippen molar-refractivity contribution in [3.05, 3.63) is 0 Å². The Bertz CT molecular complexity index is 189. The van der Waals surface area contributed by atoms with Gasteiger partial charge in [0.25, 0.3) is 0 Å². The summed E-state index contributed by atoms with van der Waals surface area (Å²) in [5.74, 6) is 0.899. The monoisotopic (exact) mass is 216 g/mol. The summed E-state index contributed by atoms with van der Waals surface area (Å²) in [4.78, 5) is 0. The van der Waals surface area contributed by atoms with E-state index in [2.05, 4.69) is 6.92 Å². The van der Waals surface area contributed by atoms with Gasteiger partial charge in [0.2, 0.25) is 0 Å². The summed E-state index contributed by atoms with van der Waals surface area (Å²) >= 11 is 6.19. The molecule has 2 aliphatic rings. The van der Waals surface area contributed by atoms with Gasteiger partial charge in [0, 0.05) is 18.6 Å². The van der Waals surface area contributed by atoms with Crippen molar-refractivity contribution in [2.24, 2.45) is 11.3 Å². The Hall–Kier alpha value is 0.250. The Morgan fingerprint density at radius 3 is 2.57 bits per heavy atom. The average molecular weight is 217 g/mol. The molecule has 1 aliphatic carbocycles. The number of hydrogen-bond acceptors (Lipinski definition) is 1. The molecule has 1 saturated heterocycles. The van der Waals surface area contributed by atoms with E-state index in [0.29, 0.717) is 10.8 Å². The summed E-state index contributed by atoms with van der Waals surface area (Å²) < 4.78 is 5.39. The van der Waals surface area contributed by atoms with Crippen molar-refractivity contribution in [3.8, 4) is 0 Å². The van der Waals surface area contributed by atoms with Crippen LogP contribution in [0.4, 0.5) is 0 Å². The molecule has 0 amide bonds. The fourth-order valence-electron chi connectivity index (χ4n) is 3.08. The summed E-state index contributed by atoms with van der Waals surface area (Å²) in [5.41, 5.74) is 0.536. The van der Waals surface area contributed by atoms with Crippen LogP contribution in [0.2, 0.25) is 0 Å². The van der Waals surface area contributed by atoms with E-state index >= 15 is 0 Å². The van der Waals surface area contributed by atoms with Gasteiger partial charge in [-0.2, -0.15) is 0 Å². The van der Waals surface area contributed by atoms with Crippen LogP contribution in [-0.4, -0.2) is 18.6 Å². The molecule has 1 heterocycles. The predicted molar refractivity (Wildman–Crippen MR) is 59.8 cm³/mol. The molecule has 1 saturated carbocycles. The standard InChI is InChI=1S/C12H21ClO/c1-12(5-2-11(13)9-12)8-10-3-6-14-7-4-10/h10-11H,2-9H2,1H3. The average Bonchev–Trinajstić information content (AvgIpc) is 2.47. The lowest BCUT2D eigenvalue weighted by molar-refractivity contribution is 0.0498. The first-order valence-corrected chi connectivity index (χ1v) is 6.33. The molecule has 1 nitrogen and oxygen atoms in total. The highest BCUT2D eigenvalue weighted by molar-refractivity contribution is 6.20. The molecule has 0 spiro atoms. The summed E-state index contributed by atoms with van der Waals surface area (Å²) in [6.45, 7) is 4.38. The zero-order valence-corrected chi connectivity index (χ0v) is 9.85. The van der Waals surface area contributed by atoms with Crippen LogP contribution in [0, 0.1) is 11.3 Å². The highest BCUT2D eigenvalue weighted by atomic mass is 35.5. The molecule has 0 aromatic rings. The zero-order chi connectivity index (χ0) is 10.0. The molecule has 2 heteroatoms. The predicted octanol–water partition coefficient (Wildman–Crippen LogP) is 3.60. The maximum absolute atomic E-state index is 6.19. The van der Waals surface area contributed by atoms with Crippen LogP contribution in [-0.2, 0) is 4.74 Å². The van der Waals surface area contributed by atoms with E-state index in [0.717, 1.165) is 19.1 Å². The van der Waals surface area contributed by atoms with E-state index in [1.54, 1.807) is 0 Å². The Labute approximate surface area is 92.2 Å². The Kier molecular flexibility index (Phi) is 3.38. The molecule has 2 rings (SSSR count). The van der Waals surface area contributed by atoms with Crippen LogP contribution in [0.25, 0.3) is 0 Å². The van der Waals surface area contributed by atoms with Crippen molar-refractivity contribution >= 4 is 11.6 Å². The first-order chi connectivity index (χ1) is 6.68. The molecule has 2 fully saturated rings. The molecular formula is C12H21ClO. The lowest BCUT2D eigenvalue weighted by atomic mass is 9.77. The SMILES string of the molecule is CC1(CC2CCOCC2)CCC(Cl)C1. The van der Waals surface area contributed by atoms with Gasteiger partial charge in [-0.25, -0.2) is 0 Å². The van der Waals surface area contributed by atoms with Crippen LogP contribution < -0.4 is 0 Å². The van der Waals surface area contributed by atoms with Crippen LogP contribution in [0.3, 0.4) is 0 Å². The molecule has 0 radical (unpaired) electrons. The molecule has 2 unspecified atom stereocenters. The van der Waals surface area contributed by atoms with E-state index in [9.17, 15) is 0 Å². The minimum Gasteiger partial charge on any atom is -0.381 e. The van der Waals surface area contributed by atoms with Crippen LogP contribution in [0.15, 0.2) is 0 Å². The summed E-state index contributed by atoms with van der Waals surface area (Å²) in [7, 11) is 0. The molecule has 82 valence electrons. The smallest absolute Gasteiger partial charge is 0.0468 e. The van der Waals surface area contributed by atoms with Gasteiger partial charge in [-0.1, -0.05) is 6.92 Å². The third kappa shape index (κ3) is 2.64. The van der Waals surface area contributed by atoms with Crippen molar-refractivity contribution in [2.45, 2.75) is 50.8 Å². The largest absolute Gasteiger partial charge is 0.381 e. The van der Waals surface area contributed by atoms with E-state index in [1.165, 1.54) is 38.5 Å². The fourth-order valence-corrected chi connectivity index (χ4v) is 3.56. The molecule has 2 atom stereocenters. The molecular weight excluding hydrogens is 196 g/mol. The summed E-state index contributed by atoms with van der Waals surface area (Å²) in [6, 6.07) is 0. The molecule has 0 aromatic heterocycles. The van der Waals surface area contributed by atoms with Gasteiger partial charge in [-0.05, 0) is 49.9 Å². The minimum absolute atomic E-state index is 0.444.